The number of aryl methyl sites for hydroxylation is 6. The van der Waals surface area contributed by atoms with Crippen molar-refractivity contribution in [1.82, 2.24) is 69.6 Å². The normalized spacial score (nSPS) is 11.5. The van der Waals surface area contributed by atoms with E-state index in [-0.39, 0.29) is 52.5 Å². The Labute approximate surface area is 664 Å². The van der Waals surface area contributed by atoms with E-state index in [9.17, 15) is 38.4 Å². The van der Waals surface area contributed by atoms with E-state index in [1.165, 1.54) is 37.2 Å². The maximum atomic E-state index is 14.8. The molecular weight excluding hydrogens is 1620 g/mol. The molecule has 0 saturated heterocycles. The Morgan fingerprint density at radius 2 is 0.750 bits per heavy atom. The lowest BCUT2D eigenvalue weighted by atomic mass is 10.0. The van der Waals surface area contributed by atoms with E-state index < -0.39 is 42.5 Å². The third-order valence-electron chi connectivity index (χ3n) is 17.3. The van der Waals surface area contributed by atoms with Gasteiger partial charge in [-0.25, -0.2) is 35.1 Å². The van der Waals surface area contributed by atoms with Crippen molar-refractivity contribution in [3.05, 3.63) is 249 Å². The fourth-order valence-corrected chi connectivity index (χ4v) is 16.5. The number of primary sulfonamides is 1. The number of aromatic nitrogens is 12. The summed E-state index contributed by atoms with van der Waals surface area (Å²) >= 11 is 1.40. The highest BCUT2D eigenvalue weighted by atomic mass is 127. The molecule has 0 spiro atoms. The average Bonchev–Trinajstić information content (AvgIpc) is 1.74. The summed E-state index contributed by atoms with van der Waals surface area (Å²) in [5.41, 5.74) is 10.4. The van der Waals surface area contributed by atoms with Crippen LogP contribution < -0.4 is 33.6 Å². The standard InChI is InChI=1S/2C33H35N5O5S.C9H11N5O2S.C2HF3O.HI/c1-23-6-7-24(2)32(31(23)33-34-35-36-38(33)22-27-12-18-30(43-5)19-13-27)44(39,40)37(20-25-8-14-28(41-3)15-9-25)21-26-10-16-29(42-4)17-11-26;1-23-6-7-24(2)32(31(23)33-34-36-38(35-33)22-27-12-18-30(43-5)19-13-27)44(39,40)37(20-25-8-14-28(41-3)15-9-25)21-26-10-16-29(42-4)17-11-26;1-5-3-4-6(2)8(17(10,15)16)7(5)9-11-13-14-12-9;3-2(4,5)1-6;/h2*6-19H,20-22H2,1-5H3;3-4H,1-2H3,(H2,10,15,16)(H,11,12,13,14);1H;1H/i/hD. The molecule has 590 valence electrons. The van der Waals surface area contributed by atoms with Crippen molar-refractivity contribution in [1.29, 1.82) is 0.594 Å². The van der Waals surface area contributed by atoms with Gasteiger partial charge in [0.25, 0.3) is 0 Å². The Morgan fingerprint density at radius 1 is 0.438 bits per heavy atom. The Balaban J connectivity index is 0.000000218. The number of halogens is 4. The van der Waals surface area contributed by atoms with Crippen molar-refractivity contribution in [3.8, 4) is 68.7 Å². The van der Waals surface area contributed by atoms with E-state index in [4.69, 9.17) is 38.9 Å². The van der Waals surface area contributed by atoms with Crippen LogP contribution in [-0.4, -0.2) is 151 Å². The van der Waals surface area contributed by atoms with Gasteiger partial charge in [0.2, 0.25) is 48.0 Å². The zero-order valence-electron chi connectivity index (χ0n) is 64.1. The van der Waals surface area contributed by atoms with Gasteiger partial charge in [-0.2, -0.15) is 31.8 Å². The summed E-state index contributed by atoms with van der Waals surface area (Å²) in [5, 5.41) is 44.2. The number of methoxy groups -OCH3 is 6. The van der Waals surface area contributed by atoms with Crippen LogP contribution in [0.5, 0.6) is 34.5 Å². The molecule has 28 nitrogen and oxygen atoms in total. The SMILES string of the molecule is COc1ccc(CN(Cc2ccc(OC)cc2)S(=O)(=O)c2c(C)ccc(C)c2-c2nnn(Cc3ccc(OC)cc3)n2)cc1.COc1ccc(CN(Cc2ccc(OC)cc2)S(=O)(=O)c2c(C)ccc(C)c2-c2nnnn2Cc2ccc(OC)cc2)cc1.Cc1ccc(C)c(S(N)(=O)=O)c1-c1nn[nH]n1.O=CC(F)(F)F.[2H]I. The van der Waals surface area contributed by atoms with E-state index in [1.54, 1.807) is 87.2 Å². The predicted octanol–water partition coefficient (Wildman–Crippen LogP) is 12.3. The summed E-state index contributed by atoms with van der Waals surface area (Å²) in [6.07, 6.45) is -5.70. The highest BCUT2D eigenvalue weighted by molar-refractivity contribution is 14.0. The van der Waals surface area contributed by atoms with Gasteiger partial charge in [-0.15, -0.1) is 49.3 Å². The van der Waals surface area contributed by atoms with E-state index in [0.717, 1.165) is 61.6 Å². The number of ether oxygens (including phenoxy) is 6. The molecule has 0 atom stereocenters. The monoisotopic (exact) mass is 1710 g/mol. The van der Waals surface area contributed by atoms with Crippen LogP contribution in [0.2, 0.25) is 0 Å². The molecule has 0 aliphatic carbocycles. The van der Waals surface area contributed by atoms with Gasteiger partial charge in [-0.05, 0) is 202 Å². The highest BCUT2D eigenvalue weighted by Crippen LogP contribution is 2.38. The van der Waals surface area contributed by atoms with Gasteiger partial charge in [-0.1, -0.05) is 109 Å². The van der Waals surface area contributed by atoms with Gasteiger partial charge in [0.15, 0.2) is 5.82 Å². The van der Waals surface area contributed by atoms with Crippen LogP contribution >= 0.6 is 23.8 Å². The van der Waals surface area contributed by atoms with E-state index >= 15 is 0 Å². The molecule has 0 saturated carbocycles. The van der Waals surface area contributed by atoms with Crippen LogP contribution in [0.25, 0.3) is 34.2 Å². The third kappa shape index (κ3) is 22.1. The molecule has 0 amide bonds. The number of nitrogens with one attached hydrogen (secondary N) is 1. The minimum absolute atomic E-state index is 0.0406. The van der Waals surface area contributed by atoms with E-state index in [1.807, 2.05) is 184 Å². The number of aromatic amines is 1. The first kappa shape index (κ1) is 84.9. The van der Waals surface area contributed by atoms with Crippen molar-refractivity contribution in [2.45, 2.75) is 102 Å². The minimum Gasteiger partial charge on any atom is -0.497 e. The number of H-pyrrole nitrogens is 1. The quantitative estimate of drug-likeness (QED) is 0.0375. The largest absolute Gasteiger partial charge is 0.497 e. The first-order chi connectivity index (χ1) is 53.9. The Kier molecular flexibility index (Phi) is 29.3. The van der Waals surface area contributed by atoms with Gasteiger partial charge in [0.1, 0.15) is 35.1 Å². The number of carbonyl (C=O) groups is 1. The van der Waals surface area contributed by atoms with Gasteiger partial charge in [-0.3, -0.25) is 4.79 Å². The maximum Gasteiger partial charge on any atom is 0.446 e. The average molecular weight is 1710 g/mol. The van der Waals surface area contributed by atoms with Crippen molar-refractivity contribution >= 4 is 60.1 Å². The molecular formula is C77H83F3IN15O13S3. The highest BCUT2D eigenvalue weighted by Gasteiger charge is 2.35. The summed E-state index contributed by atoms with van der Waals surface area (Å²) in [6.45, 7) is 12.0. The second-order valence-electron chi connectivity index (χ2n) is 25.1. The van der Waals surface area contributed by atoms with Gasteiger partial charge >= 0.3 is 6.18 Å². The lowest BCUT2D eigenvalue weighted by Crippen LogP contribution is -2.31. The zero-order chi connectivity index (χ0) is 82.4. The molecule has 3 heterocycles. The van der Waals surface area contributed by atoms with Crippen molar-refractivity contribution < 1.29 is 71.6 Å². The molecule has 0 bridgehead atoms. The summed E-state index contributed by atoms with van der Waals surface area (Å²) in [6, 6.07) is 55.6. The van der Waals surface area contributed by atoms with Gasteiger partial charge in [0, 0.05) is 42.9 Å². The molecule has 112 heavy (non-hydrogen) atoms. The van der Waals surface area contributed by atoms with Crippen LogP contribution in [0.1, 0.15) is 66.8 Å². The molecule has 12 aromatic rings. The Hall–Kier alpha value is -11.1. The maximum absolute atomic E-state index is 14.8. The number of tetrazole rings is 3. The molecule has 0 aliphatic heterocycles. The Morgan fingerprint density at radius 3 is 1.08 bits per heavy atom. The van der Waals surface area contributed by atoms with Crippen LogP contribution in [-0.2, 0) is 74.1 Å². The number of rotatable bonds is 26. The molecule has 35 heteroatoms. The molecule has 0 fully saturated rings. The number of alkyl halides is 3. The summed E-state index contributed by atoms with van der Waals surface area (Å²) in [4.78, 5) is 10.5. The zero-order valence-corrected chi connectivity index (χ0v) is 67.7. The number of carbonyl (C=O) groups excluding carboxylic acids is 1. The van der Waals surface area contributed by atoms with Crippen molar-refractivity contribution in [2.75, 3.05) is 42.7 Å². The smallest absolute Gasteiger partial charge is 0.446 e. The van der Waals surface area contributed by atoms with Crippen LogP contribution in [0.3, 0.4) is 0 Å². The topological polar surface area (TPSA) is 349 Å². The number of hydrogen-bond donors (Lipinski definition) is 2. The van der Waals surface area contributed by atoms with Gasteiger partial charge in [0.05, 0.1) is 70.4 Å². The van der Waals surface area contributed by atoms with Crippen LogP contribution in [0, 0.1) is 41.5 Å². The third-order valence-corrected chi connectivity index (χ3v) is 22.4. The van der Waals surface area contributed by atoms with Gasteiger partial charge < -0.3 is 28.4 Å². The lowest BCUT2D eigenvalue weighted by molar-refractivity contribution is -0.156. The molecule has 3 aromatic heterocycles. The molecule has 0 aliphatic rings. The second-order valence-corrected chi connectivity index (χ2v) is 30.3. The molecule has 0 unspecified atom stereocenters. The number of sulfonamides is 3. The van der Waals surface area contributed by atoms with Crippen molar-refractivity contribution in [2.24, 2.45) is 5.14 Å². The molecule has 3 N–H and O–H groups in total. The number of nitrogens with two attached hydrogens (primary N) is 1. The number of benzene rings is 9. The number of nitrogens with zero attached hydrogens (tertiary/aromatic N) is 13. The first-order valence-electron chi connectivity index (χ1n) is 34.2. The van der Waals surface area contributed by atoms with Crippen LogP contribution in [0.15, 0.2) is 197 Å². The summed E-state index contributed by atoms with van der Waals surface area (Å²) < 4.78 is 156. The van der Waals surface area contributed by atoms with E-state index in [0.29, 0.717) is 75.3 Å². The number of hydrogen-bond acceptors (Lipinski definition) is 22. The van der Waals surface area contributed by atoms with Crippen LogP contribution in [0.4, 0.5) is 13.2 Å². The van der Waals surface area contributed by atoms with Crippen molar-refractivity contribution in [3.63, 3.8) is 0 Å². The lowest BCUT2D eigenvalue weighted by Gasteiger charge is -2.26. The first-order valence-corrected chi connectivity index (χ1v) is 38.3. The van der Waals surface area contributed by atoms with E-state index in [2.05, 4.69) is 51.6 Å². The number of aldehydes is 1. The second kappa shape index (κ2) is 38.7. The summed E-state index contributed by atoms with van der Waals surface area (Å²) in [7, 11) is -2.39. The minimum atomic E-state index is -4.64. The summed E-state index contributed by atoms with van der Waals surface area (Å²) in [5.74, 6) is 5.09. The Bertz CT molecular complexity index is 5390. The predicted molar refractivity (Wildman–Crippen MR) is 422 cm³/mol. The molecule has 9 aromatic carbocycles. The molecule has 12 rings (SSSR count). The fraction of sp³-hybridized carbons (Fsp3) is 0.247. The fourth-order valence-electron chi connectivity index (χ4n) is 11.6. The molecule has 0 radical (unpaired) electrons.